The van der Waals surface area contributed by atoms with Crippen molar-refractivity contribution in [2.75, 3.05) is 6.54 Å². The Labute approximate surface area is 116 Å². The first-order valence-corrected chi connectivity index (χ1v) is 6.82. The van der Waals surface area contributed by atoms with E-state index in [2.05, 4.69) is 40.9 Å². The molecule has 1 unspecified atom stereocenters. The van der Waals surface area contributed by atoms with E-state index in [1.165, 1.54) is 16.8 Å². The lowest BCUT2D eigenvalue weighted by molar-refractivity contribution is 0.514. The Morgan fingerprint density at radius 2 is 1.94 bits per heavy atom. The quantitative estimate of drug-likeness (QED) is 0.947. The minimum Gasteiger partial charge on any atom is -0.328 e. The fourth-order valence-corrected chi connectivity index (χ4v) is 2.70. The molecule has 2 aromatic rings. The van der Waals surface area contributed by atoms with Gasteiger partial charge in [-0.05, 0) is 38.0 Å². The van der Waals surface area contributed by atoms with Gasteiger partial charge in [-0.2, -0.15) is 5.10 Å². The summed E-state index contributed by atoms with van der Waals surface area (Å²) in [7, 11) is 0. The minimum absolute atomic E-state index is 0.0768. The summed E-state index contributed by atoms with van der Waals surface area (Å²) in [4.78, 5) is 0. The molecule has 0 radical (unpaired) electrons. The van der Waals surface area contributed by atoms with Gasteiger partial charge in [0.2, 0.25) is 0 Å². The minimum atomic E-state index is 0.0768. The number of nitrogens with two attached hydrogens (primary N) is 1. The Morgan fingerprint density at radius 3 is 2.44 bits per heavy atom. The number of hydrogen-bond acceptors (Lipinski definition) is 2. The average Bonchev–Trinajstić information content (AvgIpc) is 2.61. The third kappa shape index (κ3) is 2.22. The van der Waals surface area contributed by atoms with Crippen molar-refractivity contribution in [2.45, 2.75) is 26.8 Å². The summed E-state index contributed by atoms with van der Waals surface area (Å²) in [5, 5.41) is 4.61. The van der Waals surface area contributed by atoms with Crippen LogP contribution in [0.1, 0.15) is 28.6 Å². The van der Waals surface area contributed by atoms with E-state index in [9.17, 15) is 0 Å². The van der Waals surface area contributed by atoms with E-state index in [4.69, 9.17) is 5.73 Å². The van der Waals surface area contributed by atoms with E-state index in [1.54, 1.807) is 0 Å². The predicted molar refractivity (Wildman–Crippen MR) is 77.8 cm³/mol. The maximum atomic E-state index is 5.95. The van der Waals surface area contributed by atoms with E-state index in [0.717, 1.165) is 10.2 Å². The van der Waals surface area contributed by atoms with Crippen LogP contribution >= 0.6 is 15.9 Å². The molecule has 0 saturated heterocycles. The van der Waals surface area contributed by atoms with Crippen LogP contribution in [0.2, 0.25) is 0 Å². The molecule has 0 spiro atoms. The summed E-state index contributed by atoms with van der Waals surface area (Å²) < 4.78 is 3.11. The zero-order valence-corrected chi connectivity index (χ0v) is 12.5. The van der Waals surface area contributed by atoms with Crippen molar-refractivity contribution in [3.8, 4) is 0 Å². The van der Waals surface area contributed by atoms with Crippen LogP contribution in [0.25, 0.3) is 0 Å². The van der Waals surface area contributed by atoms with Crippen LogP contribution in [-0.2, 0) is 0 Å². The molecule has 0 aliphatic carbocycles. The highest BCUT2D eigenvalue weighted by Crippen LogP contribution is 2.27. The maximum Gasteiger partial charge on any atom is 0.0904 e. The van der Waals surface area contributed by atoms with Crippen molar-refractivity contribution in [3.05, 3.63) is 51.3 Å². The fourth-order valence-electron chi connectivity index (χ4n) is 2.15. The van der Waals surface area contributed by atoms with Crippen LogP contribution in [0.4, 0.5) is 0 Å². The van der Waals surface area contributed by atoms with Crippen LogP contribution in [0.3, 0.4) is 0 Å². The monoisotopic (exact) mass is 307 g/mol. The van der Waals surface area contributed by atoms with Crippen LogP contribution in [0, 0.1) is 20.8 Å². The largest absolute Gasteiger partial charge is 0.328 e. The predicted octanol–water partition coefficient (Wildman–Crippen LogP) is 3.12. The molecule has 96 valence electrons. The molecule has 1 aromatic heterocycles. The molecule has 0 aliphatic heterocycles. The van der Waals surface area contributed by atoms with Gasteiger partial charge in [0.1, 0.15) is 0 Å². The van der Waals surface area contributed by atoms with Crippen molar-refractivity contribution in [1.82, 2.24) is 9.78 Å². The van der Waals surface area contributed by atoms with Crippen molar-refractivity contribution in [2.24, 2.45) is 5.73 Å². The van der Waals surface area contributed by atoms with Gasteiger partial charge < -0.3 is 5.73 Å². The molecule has 3 nitrogen and oxygen atoms in total. The summed E-state index contributed by atoms with van der Waals surface area (Å²) in [6.07, 6.45) is 0. The Hall–Kier alpha value is -1.13. The molecule has 0 bridgehead atoms. The Kier molecular flexibility index (Phi) is 3.88. The van der Waals surface area contributed by atoms with E-state index in [-0.39, 0.29) is 6.04 Å². The van der Waals surface area contributed by atoms with Gasteiger partial charge in [0, 0.05) is 16.7 Å². The number of benzene rings is 1. The first-order chi connectivity index (χ1) is 8.56. The van der Waals surface area contributed by atoms with Gasteiger partial charge in [-0.15, -0.1) is 0 Å². The summed E-state index contributed by atoms with van der Waals surface area (Å²) in [6, 6.07) is 8.24. The van der Waals surface area contributed by atoms with Crippen LogP contribution < -0.4 is 5.73 Å². The lowest BCUT2D eigenvalue weighted by Crippen LogP contribution is -2.23. The Morgan fingerprint density at radius 1 is 1.28 bits per heavy atom. The molecule has 0 fully saturated rings. The lowest BCUT2D eigenvalue weighted by Gasteiger charge is -2.19. The van der Waals surface area contributed by atoms with Gasteiger partial charge >= 0.3 is 0 Å². The summed E-state index contributed by atoms with van der Waals surface area (Å²) in [5.41, 5.74) is 10.6. The number of hydrogen-bond donors (Lipinski definition) is 1. The molecule has 18 heavy (non-hydrogen) atoms. The molecule has 1 atom stereocenters. The number of nitrogens with zero attached hydrogens (tertiary/aromatic N) is 2. The second-order valence-electron chi connectivity index (χ2n) is 4.51. The Bertz CT molecular complexity index is 560. The third-order valence-electron chi connectivity index (χ3n) is 3.47. The molecule has 1 aromatic carbocycles. The van der Waals surface area contributed by atoms with Gasteiger partial charge in [-0.3, -0.25) is 4.68 Å². The third-order valence-corrected chi connectivity index (χ3v) is 4.19. The molecule has 1 heterocycles. The normalized spacial score (nSPS) is 12.7. The second-order valence-corrected chi connectivity index (χ2v) is 5.37. The van der Waals surface area contributed by atoms with E-state index in [1.807, 2.05) is 29.8 Å². The molecular weight excluding hydrogens is 290 g/mol. The van der Waals surface area contributed by atoms with Gasteiger partial charge in [-0.1, -0.05) is 34.1 Å². The first kappa shape index (κ1) is 13.3. The number of rotatable bonds is 3. The van der Waals surface area contributed by atoms with Crippen LogP contribution in [0.15, 0.2) is 28.7 Å². The SMILES string of the molecule is Cc1nn(C(CN)c2ccccc2Br)c(C)c1C. The molecule has 2 rings (SSSR count). The molecular formula is C14H18BrN3. The zero-order valence-electron chi connectivity index (χ0n) is 10.9. The summed E-state index contributed by atoms with van der Waals surface area (Å²) >= 11 is 3.59. The smallest absolute Gasteiger partial charge is 0.0904 e. The highest BCUT2D eigenvalue weighted by atomic mass is 79.9. The summed E-state index contributed by atoms with van der Waals surface area (Å²) in [6.45, 7) is 6.76. The Balaban J connectivity index is 2.52. The van der Waals surface area contributed by atoms with Gasteiger partial charge in [0.15, 0.2) is 0 Å². The number of aromatic nitrogens is 2. The number of aryl methyl sites for hydroxylation is 1. The van der Waals surface area contributed by atoms with Crippen molar-refractivity contribution in [3.63, 3.8) is 0 Å². The lowest BCUT2D eigenvalue weighted by atomic mass is 10.1. The summed E-state index contributed by atoms with van der Waals surface area (Å²) in [5.74, 6) is 0. The first-order valence-electron chi connectivity index (χ1n) is 6.03. The molecule has 0 amide bonds. The van der Waals surface area contributed by atoms with Crippen molar-refractivity contribution >= 4 is 15.9 Å². The van der Waals surface area contributed by atoms with Crippen LogP contribution in [-0.4, -0.2) is 16.3 Å². The molecule has 0 saturated carbocycles. The van der Waals surface area contributed by atoms with Crippen molar-refractivity contribution < 1.29 is 0 Å². The van der Waals surface area contributed by atoms with Gasteiger partial charge in [0.05, 0.1) is 11.7 Å². The highest BCUT2D eigenvalue weighted by molar-refractivity contribution is 9.10. The molecule has 4 heteroatoms. The standard InChI is InChI=1S/C14H18BrN3/c1-9-10(2)17-18(11(9)3)14(8-16)12-6-4-5-7-13(12)15/h4-7,14H,8,16H2,1-3H3. The van der Waals surface area contributed by atoms with E-state index >= 15 is 0 Å². The second kappa shape index (κ2) is 5.24. The highest BCUT2D eigenvalue weighted by Gasteiger charge is 2.19. The topological polar surface area (TPSA) is 43.8 Å². The average molecular weight is 308 g/mol. The molecule has 2 N–H and O–H groups in total. The fraction of sp³-hybridized carbons (Fsp3) is 0.357. The van der Waals surface area contributed by atoms with Crippen LogP contribution in [0.5, 0.6) is 0 Å². The van der Waals surface area contributed by atoms with Crippen molar-refractivity contribution in [1.29, 1.82) is 0 Å². The van der Waals surface area contributed by atoms with E-state index in [0.29, 0.717) is 6.54 Å². The van der Waals surface area contributed by atoms with Gasteiger partial charge in [-0.25, -0.2) is 0 Å². The maximum absolute atomic E-state index is 5.95. The number of halogens is 1. The zero-order chi connectivity index (χ0) is 13.3. The molecule has 0 aliphatic rings. The van der Waals surface area contributed by atoms with Gasteiger partial charge in [0.25, 0.3) is 0 Å². The van der Waals surface area contributed by atoms with E-state index < -0.39 is 0 Å².